The number of ether oxygens (including phenoxy) is 1. The van der Waals surface area contributed by atoms with E-state index in [9.17, 15) is 4.79 Å². The number of methoxy groups -OCH3 is 1. The van der Waals surface area contributed by atoms with Crippen LogP contribution in [-0.2, 0) is 0 Å². The van der Waals surface area contributed by atoms with Crippen LogP contribution < -0.4 is 4.74 Å². The summed E-state index contributed by atoms with van der Waals surface area (Å²) in [6, 6.07) is 9.61. The van der Waals surface area contributed by atoms with E-state index in [1.54, 1.807) is 7.11 Å². The average molecular weight is 333 g/mol. The van der Waals surface area contributed by atoms with Gasteiger partial charge in [-0.25, -0.2) is 0 Å². The van der Waals surface area contributed by atoms with Gasteiger partial charge in [-0.15, -0.1) is 0 Å². The van der Waals surface area contributed by atoms with Crippen molar-refractivity contribution in [3.8, 4) is 5.75 Å². The third kappa shape index (κ3) is 2.78. The highest BCUT2D eigenvalue weighted by atomic mass is 79.9. The van der Waals surface area contributed by atoms with Crippen LogP contribution in [0.1, 0.15) is 32.6 Å². The lowest BCUT2D eigenvalue weighted by molar-refractivity contribution is 0.103. The highest BCUT2D eigenvalue weighted by Gasteiger charge is 2.18. The quantitative estimate of drug-likeness (QED) is 0.767. The van der Waals surface area contributed by atoms with Crippen molar-refractivity contribution in [1.82, 2.24) is 0 Å². The van der Waals surface area contributed by atoms with Gasteiger partial charge in [-0.1, -0.05) is 33.6 Å². The van der Waals surface area contributed by atoms with Gasteiger partial charge >= 0.3 is 0 Å². The summed E-state index contributed by atoms with van der Waals surface area (Å²) >= 11 is 3.48. The fraction of sp³-hybridized carbons (Fsp3) is 0.235. The van der Waals surface area contributed by atoms with Crippen LogP contribution in [0, 0.1) is 20.8 Å². The van der Waals surface area contributed by atoms with Crippen LogP contribution in [0.3, 0.4) is 0 Å². The molecule has 0 bridgehead atoms. The minimum Gasteiger partial charge on any atom is -0.496 e. The molecule has 20 heavy (non-hydrogen) atoms. The molecular weight excluding hydrogens is 316 g/mol. The van der Waals surface area contributed by atoms with Gasteiger partial charge in [0.2, 0.25) is 0 Å². The lowest BCUT2D eigenvalue weighted by atomic mass is 9.96. The number of carbonyl (C=O) groups is 1. The predicted molar refractivity (Wildman–Crippen MR) is 84.8 cm³/mol. The fourth-order valence-corrected chi connectivity index (χ4v) is 2.47. The topological polar surface area (TPSA) is 26.3 Å². The van der Waals surface area contributed by atoms with E-state index in [1.807, 2.05) is 51.1 Å². The van der Waals surface area contributed by atoms with E-state index >= 15 is 0 Å². The molecule has 3 heteroatoms. The molecule has 0 N–H and O–H groups in total. The minimum absolute atomic E-state index is 0.0104. The number of benzene rings is 2. The van der Waals surface area contributed by atoms with Gasteiger partial charge in [-0.2, -0.15) is 0 Å². The van der Waals surface area contributed by atoms with Gasteiger partial charge in [0, 0.05) is 10.0 Å². The van der Waals surface area contributed by atoms with Crippen molar-refractivity contribution in [1.29, 1.82) is 0 Å². The van der Waals surface area contributed by atoms with Gasteiger partial charge in [-0.3, -0.25) is 4.79 Å². The van der Waals surface area contributed by atoms with Gasteiger partial charge in [-0.05, 0) is 50.1 Å². The SMILES string of the molecule is COc1cc(C)c(Br)cc1C(=O)c1cc(C)ccc1C. The van der Waals surface area contributed by atoms with Crippen LogP contribution in [0.25, 0.3) is 0 Å². The second kappa shape index (κ2) is 5.80. The molecule has 0 spiro atoms. The first-order chi connectivity index (χ1) is 9.43. The Bertz CT molecular complexity index is 675. The second-order valence-corrected chi connectivity index (χ2v) is 5.80. The third-order valence-electron chi connectivity index (χ3n) is 3.36. The fourth-order valence-electron chi connectivity index (χ4n) is 2.13. The number of halogens is 1. The molecule has 0 unspecified atom stereocenters. The van der Waals surface area contributed by atoms with Crippen molar-refractivity contribution in [2.24, 2.45) is 0 Å². The lowest BCUT2D eigenvalue weighted by Crippen LogP contribution is -2.07. The van der Waals surface area contributed by atoms with Gasteiger partial charge < -0.3 is 4.74 Å². The molecular formula is C17H17BrO2. The molecule has 2 aromatic carbocycles. The summed E-state index contributed by atoms with van der Waals surface area (Å²) in [4.78, 5) is 12.8. The first-order valence-corrected chi connectivity index (χ1v) is 7.19. The molecule has 0 fully saturated rings. The zero-order chi connectivity index (χ0) is 14.9. The van der Waals surface area contributed by atoms with E-state index in [4.69, 9.17) is 4.74 Å². The van der Waals surface area contributed by atoms with E-state index in [0.717, 1.165) is 26.7 Å². The number of rotatable bonds is 3. The van der Waals surface area contributed by atoms with Gasteiger partial charge in [0.05, 0.1) is 12.7 Å². The number of aryl methyl sites for hydroxylation is 3. The molecule has 2 rings (SSSR count). The van der Waals surface area contributed by atoms with Crippen LogP contribution >= 0.6 is 15.9 Å². The molecule has 0 atom stereocenters. The largest absolute Gasteiger partial charge is 0.496 e. The Hall–Kier alpha value is -1.61. The van der Waals surface area contributed by atoms with Crippen LogP contribution in [0.15, 0.2) is 34.8 Å². The zero-order valence-electron chi connectivity index (χ0n) is 12.1. The number of ketones is 1. The molecule has 0 aliphatic rings. The summed E-state index contributed by atoms with van der Waals surface area (Å²) in [6.07, 6.45) is 0. The van der Waals surface area contributed by atoms with Crippen LogP contribution in [0.5, 0.6) is 5.75 Å². The summed E-state index contributed by atoms with van der Waals surface area (Å²) in [5.74, 6) is 0.598. The maximum atomic E-state index is 12.8. The van der Waals surface area contributed by atoms with Crippen molar-refractivity contribution in [3.63, 3.8) is 0 Å². The molecule has 0 saturated carbocycles. The van der Waals surface area contributed by atoms with Crippen molar-refractivity contribution < 1.29 is 9.53 Å². The molecule has 2 nitrogen and oxygen atoms in total. The van der Waals surface area contributed by atoms with E-state index in [2.05, 4.69) is 15.9 Å². The Labute approximate surface area is 127 Å². The molecule has 0 heterocycles. The zero-order valence-corrected chi connectivity index (χ0v) is 13.7. The minimum atomic E-state index is -0.0104. The Morgan fingerprint density at radius 1 is 1.00 bits per heavy atom. The molecule has 2 aromatic rings. The van der Waals surface area contributed by atoms with Gasteiger partial charge in [0.25, 0.3) is 0 Å². The normalized spacial score (nSPS) is 10.4. The number of hydrogen-bond donors (Lipinski definition) is 0. The third-order valence-corrected chi connectivity index (χ3v) is 4.22. The van der Waals surface area contributed by atoms with E-state index in [1.165, 1.54) is 0 Å². The number of carbonyl (C=O) groups excluding carboxylic acids is 1. The molecule has 0 amide bonds. The van der Waals surface area contributed by atoms with Crippen molar-refractivity contribution >= 4 is 21.7 Å². The summed E-state index contributed by atoms with van der Waals surface area (Å²) in [6.45, 7) is 5.90. The summed E-state index contributed by atoms with van der Waals surface area (Å²) in [7, 11) is 1.59. The molecule has 0 aliphatic carbocycles. The predicted octanol–water partition coefficient (Wildman–Crippen LogP) is 4.61. The Morgan fingerprint density at radius 2 is 1.70 bits per heavy atom. The Kier molecular flexibility index (Phi) is 4.29. The monoisotopic (exact) mass is 332 g/mol. The average Bonchev–Trinajstić information content (AvgIpc) is 2.43. The smallest absolute Gasteiger partial charge is 0.197 e. The van der Waals surface area contributed by atoms with E-state index in [0.29, 0.717) is 11.3 Å². The first-order valence-electron chi connectivity index (χ1n) is 6.40. The van der Waals surface area contributed by atoms with Crippen molar-refractivity contribution in [2.45, 2.75) is 20.8 Å². The molecule has 0 aliphatic heterocycles. The molecule has 0 radical (unpaired) electrons. The standard InChI is InChI=1S/C17H17BrO2/c1-10-5-6-11(2)13(7-10)17(19)14-9-15(18)12(3)8-16(14)20-4/h5-9H,1-4H3. The Morgan fingerprint density at radius 3 is 2.35 bits per heavy atom. The second-order valence-electron chi connectivity index (χ2n) is 4.95. The Balaban J connectivity index is 2.58. The van der Waals surface area contributed by atoms with Crippen molar-refractivity contribution in [3.05, 3.63) is 62.6 Å². The van der Waals surface area contributed by atoms with Gasteiger partial charge in [0.15, 0.2) is 5.78 Å². The molecule has 104 valence electrons. The summed E-state index contributed by atoms with van der Waals surface area (Å²) < 4.78 is 6.26. The molecule has 0 saturated heterocycles. The van der Waals surface area contributed by atoms with Crippen molar-refractivity contribution in [2.75, 3.05) is 7.11 Å². The summed E-state index contributed by atoms with van der Waals surface area (Å²) in [5, 5.41) is 0. The maximum absolute atomic E-state index is 12.8. The highest BCUT2D eigenvalue weighted by molar-refractivity contribution is 9.10. The molecule has 0 aromatic heterocycles. The maximum Gasteiger partial charge on any atom is 0.197 e. The van der Waals surface area contributed by atoms with Gasteiger partial charge in [0.1, 0.15) is 5.75 Å². The summed E-state index contributed by atoms with van der Waals surface area (Å²) in [5.41, 5.74) is 4.39. The van der Waals surface area contributed by atoms with E-state index in [-0.39, 0.29) is 5.78 Å². The lowest BCUT2D eigenvalue weighted by Gasteiger charge is -2.12. The van der Waals surface area contributed by atoms with Crippen LogP contribution in [0.2, 0.25) is 0 Å². The van der Waals surface area contributed by atoms with Crippen LogP contribution in [0.4, 0.5) is 0 Å². The van der Waals surface area contributed by atoms with Crippen LogP contribution in [-0.4, -0.2) is 12.9 Å². The highest BCUT2D eigenvalue weighted by Crippen LogP contribution is 2.29. The first kappa shape index (κ1) is 14.8. The van der Waals surface area contributed by atoms with E-state index < -0.39 is 0 Å². The number of hydrogen-bond acceptors (Lipinski definition) is 2.